The summed E-state index contributed by atoms with van der Waals surface area (Å²) in [6.07, 6.45) is 8.31. The lowest BCUT2D eigenvalue weighted by molar-refractivity contribution is 0.0575. The number of unbranched alkanes of at least 4 members (excludes halogenated alkanes) is 1. The van der Waals surface area contributed by atoms with E-state index in [0.29, 0.717) is 0 Å². The molecule has 0 saturated carbocycles. The molecule has 0 aliphatic carbocycles. The van der Waals surface area contributed by atoms with E-state index in [-0.39, 0.29) is 0 Å². The van der Waals surface area contributed by atoms with Crippen LogP contribution in [0.25, 0.3) is 0 Å². The van der Waals surface area contributed by atoms with E-state index in [1.807, 2.05) is 0 Å². The summed E-state index contributed by atoms with van der Waals surface area (Å²) in [5.74, 6) is 3.33. The molecule has 0 aromatic carbocycles. The van der Waals surface area contributed by atoms with Gasteiger partial charge in [-0.05, 0) is 56.4 Å². The molecule has 0 bridgehead atoms. The van der Waals surface area contributed by atoms with E-state index >= 15 is 0 Å². The molecule has 1 heterocycles. The maximum Gasteiger partial charge on any atom is 0.0103 e. The highest BCUT2D eigenvalue weighted by atomic mass is 15.2. The predicted molar refractivity (Wildman–Crippen MR) is 95.7 cm³/mol. The SMILES string of the molecule is CCCCC(C)C(C(C)C(C)C)C(C)N1CCCC1CC. The molecule has 1 heteroatoms. The summed E-state index contributed by atoms with van der Waals surface area (Å²) >= 11 is 0. The molecule has 0 amide bonds. The third kappa shape index (κ3) is 4.98. The minimum atomic E-state index is 0.752. The number of hydrogen-bond donors (Lipinski definition) is 0. The largest absolute Gasteiger partial charge is 0.297 e. The van der Waals surface area contributed by atoms with Gasteiger partial charge in [0.25, 0.3) is 0 Å². The Morgan fingerprint density at radius 1 is 1.05 bits per heavy atom. The highest BCUT2D eigenvalue weighted by Gasteiger charge is 2.37. The van der Waals surface area contributed by atoms with E-state index in [1.54, 1.807) is 0 Å². The van der Waals surface area contributed by atoms with E-state index in [9.17, 15) is 0 Å². The predicted octanol–water partition coefficient (Wildman–Crippen LogP) is 5.98. The van der Waals surface area contributed by atoms with Crippen LogP contribution < -0.4 is 0 Å². The summed E-state index contributed by atoms with van der Waals surface area (Å²) in [5, 5.41) is 0. The van der Waals surface area contributed by atoms with E-state index < -0.39 is 0 Å². The van der Waals surface area contributed by atoms with E-state index in [2.05, 4.69) is 53.4 Å². The van der Waals surface area contributed by atoms with Crippen molar-refractivity contribution < 1.29 is 0 Å². The van der Waals surface area contributed by atoms with Gasteiger partial charge in [0, 0.05) is 12.1 Å². The Hall–Kier alpha value is -0.0400. The minimum absolute atomic E-state index is 0.752. The molecule has 1 saturated heterocycles. The van der Waals surface area contributed by atoms with Crippen LogP contribution in [0.2, 0.25) is 0 Å². The van der Waals surface area contributed by atoms with Crippen LogP contribution in [0.3, 0.4) is 0 Å². The Bertz CT molecular complexity index is 273. The molecule has 0 radical (unpaired) electrons. The van der Waals surface area contributed by atoms with Crippen LogP contribution in [0, 0.1) is 23.7 Å². The van der Waals surface area contributed by atoms with Crippen molar-refractivity contribution in [3.05, 3.63) is 0 Å². The average molecular weight is 296 g/mol. The molecular weight excluding hydrogens is 254 g/mol. The Balaban J connectivity index is 2.83. The van der Waals surface area contributed by atoms with Crippen molar-refractivity contribution in [1.82, 2.24) is 4.90 Å². The lowest BCUT2D eigenvalue weighted by atomic mass is 9.72. The summed E-state index contributed by atoms with van der Waals surface area (Å²) in [6, 6.07) is 1.60. The quantitative estimate of drug-likeness (QED) is 0.505. The Morgan fingerprint density at radius 3 is 2.24 bits per heavy atom. The van der Waals surface area contributed by atoms with Crippen molar-refractivity contribution in [3.63, 3.8) is 0 Å². The highest BCUT2D eigenvalue weighted by Crippen LogP contribution is 2.37. The standard InChI is InChI=1S/C20H41N/c1-8-10-12-16(5)20(17(6)15(3)4)18(7)21-14-11-13-19(21)9-2/h15-20H,8-14H2,1-7H3. The second-order valence-corrected chi connectivity index (χ2v) is 7.98. The van der Waals surface area contributed by atoms with Crippen molar-refractivity contribution in [2.75, 3.05) is 6.54 Å². The number of rotatable bonds is 9. The van der Waals surface area contributed by atoms with Crippen LogP contribution in [0.4, 0.5) is 0 Å². The second-order valence-electron chi connectivity index (χ2n) is 7.98. The number of hydrogen-bond acceptors (Lipinski definition) is 1. The second kappa shape index (κ2) is 9.18. The van der Waals surface area contributed by atoms with Crippen LogP contribution in [0.15, 0.2) is 0 Å². The first-order valence-corrected chi connectivity index (χ1v) is 9.69. The smallest absolute Gasteiger partial charge is 0.0103 e. The van der Waals surface area contributed by atoms with Gasteiger partial charge in [-0.2, -0.15) is 0 Å². The third-order valence-corrected chi connectivity index (χ3v) is 6.30. The highest BCUT2D eigenvalue weighted by molar-refractivity contribution is 4.89. The Labute approximate surface area is 134 Å². The van der Waals surface area contributed by atoms with Gasteiger partial charge in [-0.15, -0.1) is 0 Å². The summed E-state index contributed by atoms with van der Waals surface area (Å²) in [6.45, 7) is 18.4. The molecule has 1 fully saturated rings. The third-order valence-electron chi connectivity index (χ3n) is 6.30. The van der Waals surface area contributed by atoms with Crippen LogP contribution in [-0.4, -0.2) is 23.5 Å². The van der Waals surface area contributed by atoms with E-state index in [4.69, 9.17) is 0 Å². The van der Waals surface area contributed by atoms with Crippen molar-refractivity contribution in [1.29, 1.82) is 0 Å². The molecule has 1 nitrogen and oxygen atoms in total. The zero-order valence-corrected chi connectivity index (χ0v) is 15.9. The molecule has 1 rings (SSSR count). The minimum Gasteiger partial charge on any atom is -0.297 e. The van der Waals surface area contributed by atoms with Gasteiger partial charge < -0.3 is 0 Å². The molecular formula is C20H41N. The molecule has 5 unspecified atom stereocenters. The van der Waals surface area contributed by atoms with Crippen LogP contribution in [0.1, 0.15) is 87.0 Å². The van der Waals surface area contributed by atoms with Crippen molar-refractivity contribution >= 4 is 0 Å². The summed E-state index contributed by atoms with van der Waals surface area (Å²) in [4.78, 5) is 2.85. The summed E-state index contributed by atoms with van der Waals surface area (Å²) in [7, 11) is 0. The van der Waals surface area contributed by atoms with Crippen molar-refractivity contribution in [3.8, 4) is 0 Å². The first-order chi connectivity index (χ1) is 9.93. The molecule has 5 atom stereocenters. The fraction of sp³-hybridized carbons (Fsp3) is 1.00. The van der Waals surface area contributed by atoms with Crippen molar-refractivity contribution in [2.45, 2.75) is 99.1 Å². The topological polar surface area (TPSA) is 3.24 Å². The van der Waals surface area contributed by atoms with Gasteiger partial charge in [0.15, 0.2) is 0 Å². The number of nitrogens with zero attached hydrogens (tertiary/aromatic N) is 1. The normalized spacial score (nSPS) is 26.0. The first-order valence-electron chi connectivity index (χ1n) is 9.69. The maximum absolute atomic E-state index is 2.85. The summed E-state index contributed by atoms with van der Waals surface area (Å²) < 4.78 is 0. The first kappa shape index (κ1) is 19.0. The Morgan fingerprint density at radius 2 is 1.71 bits per heavy atom. The van der Waals surface area contributed by atoms with Gasteiger partial charge in [-0.3, -0.25) is 4.90 Å². The number of likely N-dealkylation sites (tertiary alicyclic amines) is 1. The Kier molecular flexibility index (Phi) is 8.31. The van der Waals surface area contributed by atoms with Gasteiger partial charge in [0.2, 0.25) is 0 Å². The summed E-state index contributed by atoms with van der Waals surface area (Å²) in [5.41, 5.74) is 0. The van der Waals surface area contributed by atoms with Crippen molar-refractivity contribution in [2.24, 2.45) is 23.7 Å². The van der Waals surface area contributed by atoms with Gasteiger partial charge >= 0.3 is 0 Å². The lowest BCUT2D eigenvalue weighted by Gasteiger charge is -2.43. The average Bonchev–Trinajstić information content (AvgIpc) is 2.93. The maximum atomic E-state index is 2.85. The monoisotopic (exact) mass is 295 g/mol. The van der Waals surface area contributed by atoms with E-state index in [1.165, 1.54) is 45.1 Å². The molecule has 126 valence electrons. The molecule has 21 heavy (non-hydrogen) atoms. The molecule has 0 N–H and O–H groups in total. The lowest BCUT2D eigenvalue weighted by Crippen LogP contribution is -2.46. The molecule has 1 aliphatic rings. The fourth-order valence-electron chi connectivity index (χ4n) is 4.65. The van der Waals surface area contributed by atoms with Gasteiger partial charge in [-0.25, -0.2) is 0 Å². The van der Waals surface area contributed by atoms with E-state index in [0.717, 1.165) is 35.8 Å². The molecule has 0 aromatic heterocycles. The van der Waals surface area contributed by atoms with Crippen LogP contribution in [0.5, 0.6) is 0 Å². The zero-order chi connectivity index (χ0) is 16.0. The fourth-order valence-corrected chi connectivity index (χ4v) is 4.65. The van der Waals surface area contributed by atoms with Gasteiger partial charge in [0.05, 0.1) is 0 Å². The van der Waals surface area contributed by atoms with Gasteiger partial charge in [0.1, 0.15) is 0 Å². The van der Waals surface area contributed by atoms with Crippen LogP contribution in [-0.2, 0) is 0 Å². The van der Waals surface area contributed by atoms with Crippen LogP contribution >= 0.6 is 0 Å². The van der Waals surface area contributed by atoms with Gasteiger partial charge in [-0.1, -0.05) is 60.8 Å². The molecule has 1 aliphatic heterocycles. The molecule has 0 aromatic rings. The zero-order valence-electron chi connectivity index (χ0n) is 15.9. The molecule has 0 spiro atoms.